The van der Waals surface area contributed by atoms with Gasteiger partial charge in [0, 0.05) is 26.2 Å². The Balaban J connectivity index is 1.85. The van der Waals surface area contributed by atoms with Crippen LogP contribution in [-0.2, 0) is 0 Å². The standard InChI is InChI=1S/C19H22ClN3Si/c20-24(17-9-3-1-4-10-17,18-11-5-2-6-12-18)23-16-8-15-22-14-7-13-21-19(22)23/h1-6,9-12H,7-8,13-16H2. The van der Waals surface area contributed by atoms with Crippen molar-refractivity contribution >= 4 is 35.0 Å². The fourth-order valence-corrected chi connectivity index (χ4v) is 8.13. The van der Waals surface area contributed by atoms with E-state index < -0.39 is 7.55 Å². The molecule has 0 spiro atoms. The minimum absolute atomic E-state index is 0.910. The van der Waals surface area contributed by atoms with Crippen LogP contribution in [0.1, 0.15) is 12.8 Å². The van der Waals surface area contributed by atoms with Gasteiger partial charge in [-0.05, 0) is 23.2 Å². The maximum absolute atomic E-state index is 7.55. The molecule has 124 valence electrons. The van der Waals surface area contributed by atoms with E-state index in [2.05, 4.69) is 70.1 Å². The highest BCUT2D eigenvalue weighted by molar-refractivity contribution is 7.33. The monoisotopic (exact) mass is 355 g/mol. The predicted molar refractivity (Wildman–Crippen MR) is 104 cm³/mol. The van der Waals surface area contributed by atoms with Crippen molar-refractivity contribution in [1.82, 2.24) is 9.47 Å². The van der Waals surface area contributed by atoms with Gasteiger partial charge in [0.05, 0.1) is 0 Å². The largest absolute Gasteiger partial charge is 0.349 e. The SMILES string of the molecule is Cl[Si](c1ccccc1)(c1ccccc1)N1CCCN2CCCN=C21. The topological polar surface area (TPSA) is 18.8 Å². The second-order valence-electron chi connectivity index (χ2n) is 6.38. The van der Waals surface area contributed by atoms with Crippen LogP contribution in [0, 0.1) is 0 Å². The van der Waals surface area contributed by atoms with Crippen LogP contribution < -0.4 is 10.4 Å². The number of benzene rings is 2. The Morgan fingerprint density at radius 1 is 0.792 bits per heavy atom. The van der Waals surface area contributed by atoms with E-state index >= 15 is 0 Å². The Kier molecular flexibility index (Phi) is 4.33. The van der Waals surface area contributed by atoms with E-state index in [4.69, 9.17) is 16.1 Å². The van der Waals surface area contributed by atoms with Gasteiger partial charge in [0.15, 0.2) is 5.96 Å². The van der Waals surface area contributed by atoms with E-state index in [1.807, 2.05) is 0 Å². The summed E-state index contributed by atoms with van der Waals surface area (Å²) in [5, 5.41) is 2.46. The van der Waals surface area contributed by atoms with Crippen LogP contribution in [0.4, 0.5) is 0 Å². The zero-order valence-corrected chi connectivity index (χ0v) is 15.5. The molecule has 2 aromatic carbocycles. The molecule has 0 saturated carbocycles. The molecule has 1 saturated heterocycles. The third kappa shape index (κ3) is 2.64. The van der Waals surface area contributed by atoms with Crippen molar-refractivity contribution in [2.75, 3.05) is 26.2 Å². The summed E-state index contributed by atoms with van der Waals surface area (Å²) in [7, 11) is -2.58. The molecule has 0 N–H and O–H groups in total. The van der Waals surface area contributed by atoms with Gasteiger partial charge in [-0.25, -0.2) is 0 Å². The summed E-state index contributed by atoms with van der Waals surface area (Å²) in [6.45, 7) is 4.09. The molecule has 3 nitrogen and oxygen atoms in total. The lowest BCUT2D eigenvalue weighted by Gasteiger charge is -2.48. The molecular formula is C19H22ClN3Si. The highest BCUT2D eigenvalue weighted by Crippen LogP contribution is 2.24. The molecular weight excluding hydrogens is 334 g/mol. The maximum atomic E-state index is 7.55. The van der Waals surface area contributed by atoms with Gasteiger partial charge in [0.25, 0.3) is 0 Å². The Labute approximate surface area is 149 Å². The van der Waals surface area contributed by atoms with Gasteiger partial charge in [-0.2, -0.15) is 0 Å². The Bertz CT molecular complexity index is 680. The number of guanidine groups is 1. The van der Waals surface area contributed by atoms with E-state index in [0.29, 0.717) is 0 Å². The van der Waals surface area contributed by atoms with Gasteiger partial charge in [-0.1, -0.05) is 60.7 Å². The Hall–Kier alpha value is -1.78. The molecule has 2 aromatic rings. The number of fused-ring (bicyclic) bond motifs is 1. The molecule has 2 heterocycles. The lowest BCUT2D eigenvalue weighted by molar-refractivity contribution is 0.300. The van der Waals surface area contributed by atoms with Crippen LogP contribution in [0.25, 0.3) is 0 Å². The molecule has 0 atom stereocenters. The van der Waals surface area contributed by atoms with E-state index in [1.54, 1.807) is 0 Å². The van der Waals surface area contributed by atoms with E-state index in [1.165, 1.54) is 10.4 Å². The predicted octanol–water partition coefficient (Wildman–Crippen LogP) is 2.25. The number of nitrogens with zero attached hydrogens (tertiary/aromatic N) is 3. The molecule has 0 aliphatic carbocycles. The first-order valence-electron chi connectivity index (χ1n) is 8.67. The highest BCUT2D eigenvalue weighted by Gasteiger charge is 2.46. The van der Waals surface area contributed by atoms with Crippen LogP contribution in [0.2, 0.25) is 0 Å². The normalized spacial score (nSPS) is 18.1. The van der Waals surface area contributed by atoms with Crippen molar-refractivity contribution in [3.8, 4) is 0 Å². The minimum atomic E-state index is -2.58. The maximum Gasteiger partial charge on any atom is 0.322 e. The van der Waals surface area contributed by atoms with Crippen molar-refractivity contribution in [1.29, 1.82) is 0 Å². The molecule has 4 rings (SSSR count). The smallest absolute Gasteiger partial charge is 0.322 e. The summed E-state index contributed by atoms with van der Waals surface area (Å²) < 4.78 is 2.43. The van der Waals surface area contributed by atoms with Crippen molar-refractivity contribution in [2.45, 2.75) is 12.8 Å². The van der Waals surface area contributed by atoms with E-state index in [9.17, 15) is 0 Å². The fourth-order valence-electron chi connectivity index (χ4n) is 3.72. The highest BCUT2D eigenvalue weighted by atomic mass is 35.6. The zero-order valence-electron chi connectivity index (χ0n) is 13.7. The zero-order chi connectivity index (χ0) is 16.4. The van der Waals surface area contributed by atoms with Gasteiger partial charge in [0.2, 0.25) is 0 Å². The van der Waals surface area contributed by atoms with Gasteiger partial charge in [-0.3, -0.25) is 4.99 Å². The summed E-state index contributed by atoms with van der Waals surface area (Å²) in [5.74, 6) is 1.11. The lowest BCUT2D eigenvalue weighted by atomic mass is 10.2. The fraction of sp³-hybridized carbons (Fsp3) is 0.316. The second-order valence-corrected chi connectivity index (χ2v) is 11.0. The first-order valence-corrected chi connectivity index (χ1v) is 11.6. The van der Waals surface area contributed by atoms with Crippen LogP contribution in [0.5, 0.6) is 0 Å². The first-order chi connectivity index (χ1) is 11.8. The van der Waals surface area contributed by atoms with Gasteiger partial charge >= 0.3 is 7.55 Å². The Morgan fingerprint density at radius 2 is 1.38 bits per heavy atom. The molecule has 2 aliphatic rings. The van der Waals surface area contributed by atoms with Crippen LogP contribution >= 0.6 is 11.1 Å². The summed E-state index contributed by atoms with van der Waals surface area (Å²) in [6.07, 6.45) is 2.28. The van der Waals surface area contributed by atoms with Crippen molar-refractivity contribution in [3.63, 3.8) is 0 Å². The summed E-state index contributed by atoms with van der Waals surface area (Å²) in [6, 6.07) is 21.2. The molecule has 0 bridgehead atoms. The number of halogens is 1. The van der Waals surface area contributed by atoms with E-state index in [0.717, 1.165) is 45.0 Å². The van der Waals surface area contributed by atoms with Gasteiger partial charge < -0.3 is 9.47 Å². The summed E-state index contributed by atoms with van der Waals surface area (Å²) in [4.78, 5) is 7.29. The molecule has 0 unspecified atom stereocenters. The number of aliphatic imine (C=N–C) groups is 1. The molecule has 5 heteroatoms. The summed E-state index contributed by atoms with van der Waals surface area (Å²) in [5.41, 5.74) is 0. The van der Waals surface area contributed by atoms with Crippen molar-refractivity contribution in [2.24, 2.45) is 4.99 Å². The molecule has 1 fully saturated rings. The van der Waals surface area contributed by atoms with Crippen molar-refractivity contribution < 1.29 is 0 Å². The number of rotatable bonds is 3. The second kappa shape index (κ2) is 6.61. The molecule has 0 aromatic heterocycles. The van der Waals surface area contributed by atoms with Gasteiger partial charge in [-0.15, -0.1) is 11.1 Å². The van der Waals surface area contributed by atoms with Crippen LogP contribution in [0.15, 0.2) is 65.7 Å². The third-order valence-corrected chi connectivity index (χ3v) is 10.1. The van der Waals surface area contributed by atoms with Gasteiger partial charge in [0.1, 0.15) is 0 Å². The van der Waals surface area contributed by atoms with Crippen LogP contribution in [-0.4, -0.2) is 49.1 Å². The molecule has 2 aliphatic heterocycles. The number of hydrogen-bond acceptors (Lipinski definition) is 3. The number of hydrogen-bond donors (Lipinski definition) is 0. The minimum Gasteiger partial charge on any atom is -0.349 e. The van der Waals surface area contributed by atoms with Crippen molar-refractivity contribution in [3.05, 3.63) is 60.7 Å². The molecule has 0 amide bonds. The third-order valence-electron chi connectivity index (χ3n) is 4.86. The lowest BCUT2D eigenvalue weighted by Crippen LogP contribution is -2.72. The average molecular weight is 356 g/mol. The average Bonchev–Trinajstić information content (AvgIpc) is 2.68. The molecule has 24 heavy (non-hydrogen) atoms. The Morgan fingerprint density at radius 3 is 2.00 bits per heavy atom. The summed E-state index contributed by atoms with van der Waals surface area (Å²) >= 11 is 7.55. The first kappa shape index (κ1) is 15.7. The quantitative estimate of drug-likeness (QED) is 0.621. The van der Waals surface area contributed by atoms with E-state index in [-0.39, 0.29) is 0 Å². The molecule has 0 radical (unpaired) electrons. The van der Waals surface area contributed by atoms with Crippen LogP contribution in [0.3, 0.4) is 0 Å².